The molecular weight excluding hydrogens is 320 g/mol. The lowest BCUT2D eigenvalue weighted by atomic mass is 10.2. The molecule has 0 saturated heterocycles. The first-order chi connectivity index (χ1) is 9.52. The van der Waals surface area contributed by atoms with Gasteiger partial charge in [0.1, 0.15) is 23.8 Å². The molecule has 0 aliphatic carbocycles. The number of aryl methyl sites for hydroxylation is 2. The number of aromatic nitrogens is 5. The van der Waals surface area contributed by atoms with Crippen molar-refractivity contribution in [1.29, 1.82) is 0 Å². The molecule has 1 N–H and O–H groups in total. The van der Waals surface area contributed by atoms with Crippen molar-refractivity contribution >= 4 is 21.7 Å². The van der Waals surface area contributed by atoms with E-state index in [0.29, 0.717) is 12.5 Å². The van der Waals surface area contributed by atoms with Crippen LogP contribution in [-0.2, 0) is 13.1 Å². The maximum Gasteiger partial charge on any atom is 0.146 e. The average Bonchev–Trinajstić information content (AvgIpc) is 2.87. The van der Waals surface area contributed by atoms with E-state index >= 15 is 0 Å². The molecule has 108 valence electrons. The first kappa shape index (κ1) is 14.9. The summed E-state index contributed by atoms with van der Waals surface area (Å²) in [6.07, 6.45) is 1.57. The third kappa shape index (κ3) is 3.15. The van der Waals surface area contributed by atoms with Crippen molar-refractivity contribution in [2.45, 2.75) is 46.7 Å². The number of hydrogen-bond donors (Lipinski definition) is 1. The Balaban J connectivity index is 2.21. The standard InChI is InChI=1S/C13H19BrN6/c1-5-20-10(16-7-17-20)6-15-13-11(14)9(4)18-12(19-13)8(2)3/h7-8H,5-6H2,1-4H3,(H,15,18,19). The topological polar surface area (TPSA) is 68.5 Å². The lowest BCUT2D eigenvalue weighted by molar-refractivity contribution is 0.621. The van der Waals surface area contributed by atoms with Crippen LogP contribution in [0.4, 0.5) is 5.82 Å². The van der Waals surface area contributed by atoms with Gasteiger partial charge in [-0.05, 0) is 29.8 Å². The maximum absolute atomic E-state index is 4.56. The quantitative estimate of drug-likeness (QED) is 0.907. The van der Waals surface area contributed by atoms with E-state index in [0.717, 1.165) is 34.2 Å². The molecular formula is C13H19BrN6. The summed E-state index contributed by atoms with van der Waals surface area (Å²) in [5.41, 5.74) is 0.933. The summed E-state index contributed by atoms with van der Waals surface area (Å²) in [4.78, 5) is 13.3. The van der Waals surface area contributed by atoms with Gasteiger partial charge >= 0.3 is 0 Å². The molecule has 20 heavy (non-hydrogen) atoms. The fourth-order valence-corrected chi connectivity index (χ4v) is 2.13. The molecule has 2 rings (SSSR count). The minimum absolute atomic E-state index is 0.293. The third-order valence-electron chi connectivity index (χ3n) is 2.96. The molecule has 2 heterocycles. The molecule has 2 aromatic heterocycles. The van der Waals surface area contributed by atoms with E-state index in [1.54, 1.807) is 6.33 Å². The summed E-state index contributed by atoms with van der Waals surface area (Å²) in [5, 5.41) is 7.46. The third-order valence-corrected chi connectivity index (χ3v) is 3.91. The largest absolute Gasteiger partial charge is 0.362 e. The van der Waals surface area contributed by atoms with Crippen molar-refractivity contribution in [3.63, 3.8) is 0 Å². The summed E-state index contributed by atoms with van der Waals surface area (Å²) in [6.45, 7) is 9.57. The van der Waals surface area contributed by atoms with Crippen LogP contribution in [0.1, 0.15) is 44.0 Å². The second-order valence-electron chi connectivity index (χ2n) is 4.83. The molecule has 0 aliphatic heterocycles. The molecule has 2 aromatic rings. The van der Waals surface area contributed by atoms with Gasteiger partial charge in [0.2, 0.25) is 0 Å². The summed E-state index contributed by atoms with van der Waals surface area (Å²) in [7, 11) is 0. The molecule has 0 unspecified atom stereocenters. The van der Waals surface area contributed by atoms with Crippen molar-refractivity contribution in [2.24, 2.45) is 0 Å². The predicted molar refractivity (Wildman–Crippen MR) is 81.6 cm³/mol. The van der Waals surface area contributed by atoms with Gasteiger partial charge in [-0.15, -0.1) is 0 Å². The molecule has 0 bridgehead atoms. The average molecular weight is 339 g/mol. The second-order valence-corrected chi connectivity index (χ2v) is 5.62. The molecule has 0 atom stereocenters. The lowest BCUT2D eigenvalue weighted by Gasteiger charge is -2.12. The van der Waals surface area contributed by atoms with Gasteiger partial charge < -0.3 is 5.32 Å². The van der Waals surface area contributed by atoms with Crippen molar-refractivity contribution < 1.29 is 0 Å². The van der Waals surface area contributed by atoms with E-state index in [1.165, 1.54) is 0 Å². The Morgan fingerprint density at radius 3 is 2.75 bits per heavy atom. The Kier molecular flexibility index (Phi) is 4.69. The zero-order chi connectivity index (χ0) is 14.7. The monoisotopic (exact) mass is 338 g/mol. The van der Waals surface area contributed by atoms with Crippen LogP contribution in [0.25, 0.3) is 0 Å². The zero-order valence-corrected chi connectivity index (χ0v) is 13.8. The van der Waals surface area contributed by atoms with Crippen molar-refractivity contribution in [3.05, 3.63) is 28.1 Å². The van der Waals surface area contributed by atoms with Crippen LogP contribution in [0.15, 0.2) is 10.8 Å². The van der Waals surface area contributed by atoms with Gasteiger partial charge in [0.25, 0.3) is 0 Å². The Bertz CT molecular complexity index is 593. The molecule has 0 spiro atoms. The molecule has 0 amide bonds. The van der Waals surface area contributed by atoms with Gasteiger partial charge in [0, 0.05) is 12.5 Å². The van der Waals surface area contributed by atoms with Crippen LogP contribution in [-0.4, -0.2) is 24.7 Å². The van der Waals surface area contributed by atoms with Crippen molar-refractivity contribution in [2.75, 3.05) is 5.32 Å². The number of halogens is 1. The van der Waals surface area contributed by atoms with Crippen molar-refractivity contribution in [1.82, 2.24) is 24.7 Å². The van der Waals surface area contributed by atoms with Crippen LogP contribution in [0, 0.1) is 6.92 Å². The van der Waals surface area contributed by atoms with E-state index in [1.807, 2.05) is 18.5 Å². The van der Waals surface area contributed by atoms with Gasteiger partial charge in [0.15, 0.2) is 0 Å². The van der Waals surface area contributed by atoms with E-state index in [-0.39, 0.29) is 0 Å². The normalized spacial score (nSPS) is 11.1. The van der Waals surface area contributed by atoms with Crippen LogP contribution < -0.4 is 5.32 Å². The summed E-state index contributed by atoms with van der Waals surface area (Å²) >= 11 is 3.53. The summed E-state index contributed by atoms with van der Waals surface area (Å²) in [6, 6.07) is 0. The van der Waals surface area contributed by atoms with Crippen molar-refractivity contribution in [3.8, 4) is 0 Å². The van der Waals surface area contributed by atoms with Gasteiger partial charge in [-0.1, -0.05) is 13.8 Å². The number of nitrogens with zero attached hydrogens (tertiary/aromatic N) is 5. The van der Waals surface area contributed by atoms with Gasteiger partial charge in [0.05, 0.1) is 16.7 Å². The number of nitrogens with one attached hydrogen (secondary N) is 1. The lowest BCUT2D eigenvalue weighted by Crippen LogP contribution is -2.12. The van der Waals surface area contributed by atoms with E-state index in [4.69, 9.17) is 0 Å². The Labute approximate surface area is 127 Å². The highest BCUT2D eigenvalue weighted by molar-refractivity contribution is 9.10. The highest BCUT2D eigenvalue weighted by atomic mass is 79.9. The second kappa shape index (κ2) is 6.30. The Hall–Kier alpha value is -1.50. The highest BCUT2D eigenvalue weighted by Gasteiger charge is 2.12. The van der Waals surface area contributed by atoms with E-state index in [2.05, 4.69) is 55.1 Å². The summed E-state index contributed by atoms with van der Waals surface area (Å²) < 4.78 is 2.75. The fourth-order valence-electron chi connectivity index (χ4n) is 1.81. The maximum atomic E-state index is 4.56. The highest BCUT2D eigenvalue weighted by Crippen LogP contribution is 2.25. The molecule has 0 fully saturated rings. The molecule has 0 aliphatic rings. The minimum Gasteiger partial charge on any atom is -0.362 e. The van der Waals surface area contributed by atoms with Crippen LogP contribution in [0.3, 0.4) is 0 Å². The summed E-state index contributed by atoms with van der Waals surface area (Å²) in [5.74, 6) is 2.82. The Morgan fingerprint density at radius 1 is 1.35 bits per heavy atom. The number of hydrogen-bond acceptors (Lipinski definition) is 5. The van der Waals surface area contributed by atoms with Gasteiger partial charge in [-0.25, -0.2) is 19.6 Å². The first-order valence-electron chi connectivity index (χ1n) is 6.67. The first-order valence-corrected chi connectivity index (χ1v) is 7.46. The number of rotatable bonds is 5. The fraction of sp³-hybridized carbons (Fsp3) is 0.538. The van der Waals surface area contributed by atoms with E-state index in [9.17, 15) is 0 Å². The predicted octanol–water partition coefficient (Wildman–Crippen LogP) is 2.89. The smallest absolute Gasteiger partial charge is 0.146 e. The minimum atomic E-state index is 0.293. The molecule has 0 saturated carbocycles. The number of anilines is 1. The van der Waals surface area contributed by atoms with Crippen LogP contribution in [0.5, 0.6) is 0 Å². The molecule has 0 radical (unpaired) electrons. The molecule has 6 nitrogen and oxygen atoms in total. The van der Waals surface area contributed by atoms with Gasteiger partial charge in [-0.3, -0.25) is 0 Å². The zero-order valence-electron chi connectivity index (χ0n) is 12.2. The van der Waals surface area contributed by atoms with E-state index < -0.39 is 0 Å². The Morgan fingerprint density at radius 2 is 2.10 bits per heavy atom. The SMILES string of the molecule is CCn1ncnc1CNc1nc(C(C)C)nc(C)c1Br. The molecule has 7 heteroatoms. The van der Waals surface area contributed by atoms with Crippen LogP contribution >= 0.6 is 15.9 Å². The van der Waals surface area contributed by atoms with Crippen LogP contribution in [0.2, 0.25) is 0 Å². The van der Waals surface area contributed by atoms with Gasteiger partial charge in [-0.2, -0.15) is 5.10 Å². The molecule has 0 aromatic carbocycles.